The topological polar surface area (TPSA) is 92.6 Å². The van der Waals surface area contributed by atoms with E-state index in [0.29, 0.717) is 19.6 Å². The number of carbonyl (C=O) groups is 1. The second-order valence-electron chi connectivity index (χ2n) is 10.1. The third-order valence-corrected chi connectivity index (χ3v) is 6.17. The molecule has 0 aromatic rings. The van der Waals surface area contributed by atoms with Gasteiger partial charge in [-0.2, -0.15) is 0 Å². The van der Waals surface area contributed by atoms with E-state index < -0.39 is 5.97 Å². The second-order valence-corrected chi connectivity index (χ2v) is 10.1. The number of quaternary nitrogens is 1. The van der Waals surface area contributed by atoms with Crippen LogP contribution in [0.4, 0.5) is 0 Å². The summed E-state index contributed by atoms with van der Waals surface area (Å²) in [6.07, 6.45) is 20.9. The minimum absolute atomic E-state index is 0.0853. The Labute approximate surface area is 212 Å². The molecule has 0 bridgehead atoms. The van der Waals surface area contributed by atoms with E-state index in [1.807, 2.05) is 6.92 Å². The summed E-state index contributed by atoms with van der Waals surface area (Å²) in [7, 11) is 1.73. The average Bonchev–Trinajstić information content (AvgIpc) is 2.78. The lowest BCUT2D eigenvalue weighted by Gasteiger charge is -2.38. The summed E-state index contributed by atoms with van der Waals surface area (Å²) in [5.74, 6) is -0.678. The van der Waals surface area contributed by atoms with E-state index in [9.17, 15) is 15.1 Å². The first-order chi connectivity index (χ1) is 16.3. The zero-order chi connectivity index (χ0) is 25.9. The zero-order valence-corrected chi connectivity index (χ0v) is 23.3. The van der Waals surface area contributed by atoms with E-state index in [2.05, 4.69) is 19.2 Å². The SMILES string of the molecule is CCCCCCC(O)CCCCCCCCCCC(=O)O.CCCCCNC[N+](C)([O-])CCC. The average molecular weight is 489 g/mol. The molecule has 0 spiro atoms. The smallest absolute Gasteiger partial charge is 0.303 e. The minimum Gasteiger partial charge on any atom is -0.632 e. The molecule has 2 atom stereocenters. The van der Waals surface area contributed by atoms with Crippen LogP contribution in [0.5, 0.6) is 0 Å². The Morgan fingerprint density at radius 3 is 1.74 bits per heavy atom. The van der Waals surface area contributed by atoms with Crippen molar-refractivity contribution in [2.75, 3.05) is 26.8 Å². The van der Waals surface area contributed by atoms with Crippen molar-refractivity contribution in [2.45, 2.75) is 149 Å². The number of hydroxylamine groups is 3. The summed E-state index contributed by atoms with van der Waals surface area (Å²) in [5.41, 5.74) is 0. The molecule has 0 amide bonds. The van der Waals surface area contributed by atoms with Crippen LogP contribution in [0.1, 0.15) is 143 Å². The van der Waals surface area contributed by atoms with E-state index in [0.717, 1.165) is 51.5 Å². The van der Waals surface area contributed by atoms with Crippen LogP contribution >= 0.6 is 0 Å². The quantitative estimate of drug-likeness (QED) is 0.0570. The highest BCUT2D eigenvalue weighted by atomic mass is 16.5. The molecule has 0 aromatic carbocycles. The maximum Gasteiger partial charge on any atom is 0.303 e. The standard InChI is InChI=1S/C18H36O3.C10H24N2O/c1-2-3-4-11-14-17(19)15-12-9-7-5-6-8-10-13-16-18(20)21;1-4-6-7-8-11-10-12(3,13)9-5-2/h17,19H,2-16H2,1H3,(H,20,21);11H,4-10H2,1-3H3. The number of rotatable bonds is 24. The number of hydrogen-bond donors (Lipinski definition) is 3. The molecule has 0 rings (SSSR count). The number of carboxylic acid groups (broad SMARTS) is 1. The summed E-state index contributed by atoms with van der Waals surface area (Å²) in [6.45, 7) is 8.69. The number of nitrogens with one attached hydrogen (secondary N) is 1. The second kappa shape index (κ2) is 26.9. The molecule has 0 aromatic heterocycles. The van der Waals surface area contributed by atoms with Crippen LogP contribution in [0, 0.1) is 5.21 Å². The molecule has 206 valence electrons. The number of aliphatic carboxylic acids is 1. The number of aliphatic hydroxyl groups is 1. The van der Waals surface area contributed by atoms with E-state index in [4.69, 9.17) is 5.11 Å². The summed E-state index contributed by atoms with van der Waals surface area (Å²) < 4.78 is -0.150. The predicted molar refractivity (Wildman–Crippen MR) is 146 cm³/mol. The Hall–Kier alpha value is -0.690. The highest BCUT2D eigenvalue weighted by Crippen LogP contribution is 2.14. The molecular weight excluding hydrogens is 428 g/mol. The third-order valence-electron chi connectivity index (χ3n) is 6.17. The van der Waals surface area contributed by atoms with Gasteiger partial charge in [0.25, 0.3) is 0 Å². The Morgan fingerprint density at radius 1 is 0.765 bits per heavy atom. The van der Waals surface area contributed by atoms with Gasteiger partial charge in [0.2, 0.25) is 0 Å². The Bertz CT molecular complexity index is 419. The van der Waals surface area contributed by atoms with Crippen molar-refractivity contribution in [3.05, 3.63) is 5.21 Å². The molecule has 2 unspecified atom stereocenters. The molecule has 3 N–H and O–H groups in total. The monoisotopic (exact) mass is 488 g/mol. The normalized spacial score (nSPS) is 13.7. The molecule has 0 radical (unpaired) electrons. The largest absolute Gasteiger partial charge is 0.632 e. The minimum atomic E-state index is -0.678. The van der Waals surface area contributed by atoms with Gasteiger partial charge in [-0.1, -0.05) is 104 Å². The molecule has 34 heavy (non-hydrogen) atoms. The first-order valence-corrected chi connectivity index (χ1v) is 14.4. The van der Waals surface area contributed by atoms with Crippen molar-refractivity contribution in [2.24, 2.45) is 0 Å². The zero-order valence-electron chi connectivity index (χ0n) is 23.3. The van der Waals surface area contributed by atoms with Crippen LogP contribution in [0.15, 0.2) is 0 Å². The van der Waals surface area contributed by atoms with Gasteiger partial charge >= 0.3 is 5.97 Å². The van der Waals surface area contributed by atoms with Crippen molar-refractivity contribution in [3.63, 3.8) is 0 Å². The van der Waals surface area contributed by atoms with Crippen LogP contribution in [0.25, 0.3) is 0 Å². The molecule has 6 heteroatoms. The molecular formula is C28H60N2O4. The van der Waals surface area contributed by atoms with Gasteiger partial charge in [0.15, 0.2) is 0 Å². The predicted octanol–water partition coefficient (Wildman–Crippen LogP) is 7.38. The van der Waals surface area contributed by atoms with Crippen LogP contribution in [0.3, 0.4) is 0 Å². The van der Waals surface area contributed by atoms with E-state index in [1.165, 1.54) is 70.6 Å². The van der Waals surface area contributed by atoms with Crippen molar-refractivity contribution in [3.8, 4) is 0 Å². The van der Waals surface area contributed by atoms with Gasteiger partial charge in [0, 0.05) is 13.0 Å². The number of nitrogens with zero attached hydrogens (tertiary/aromatic N) is 1. The number of unbranched alkanes of at least 4 members (excludes halogenated alkanes) is 12. The Balaban J connectivity index is 0. The van der Waals surface area contributed by atoms with Crippen LogP contribution in [-0.4, -0.2) is 53.7 Å². The number of aliphatic hydroxyl groups excluding tert-OH is 1. The summed E-state index contributed by atoms with van der Waals surface area (Å²) in [5, 5.41) is 33.2. The van der Waals surface area contributed by atoms with Crippen molar-refractivity contribution < 1.29 is 19.7 Å². The van der Waals surface area contributed by atoms with Gasteiger partial charge in [-0.15, -0.1) is 0 Å². The Morgan fingerprint density at radius 2 is 1.24 bits per heavy atom. The van der Waals surface area contributed by atoms with Gasteiger partial charge in [-0.25, -0.2) is 0 Å². The van der Waals surface area contributed by atoms with Crippen LogP contribution in [-0.2, 0) is 4.79 Å². The fraction of sp³-hybridized carbons (Fsp3) is 0.964. The fourth-order valence-electron chi connectivity index (χ4n) is 4.04. The first kappa shape index (κ1) is 35.5. The highest BCUT2D eigenvalue weighted by Gasteiger charge is 2.06. The van der Waals surface area contributed by atoms with Gasteiger partial charge in [0.1, 0.15) is 6.67 Å². The lowest BCUT2D eigenvalue weighted by molar-refractivity contribution is -0.863. The summed E-state index contributed by atoms with van der Waals surface area (Å²) in [6, 6.07) is 0. The van der Waals surface area contributed by atoms with Crippen molar-refractivity contribution in [1.82, 2.24) is 5.32 Å². The molecule has 0 fully saturated rings. The highest BCUT2D eigenvalue weighted by molar-refractivity contribution is 5.66. The summed E-state index contributed by atoms with van der Waals surface area (Å²) in [4.78, 5) is 10.3. The lowest BCUT2D eigenvalue weighted by Crippen LogP contribution is -2.45. The maximum absolute atomic E-state index is 11.6. The first-order valence-electron chi connectivity index (χ1n) is 14.4. The lowest BCUT2D eigenvalue weighted by atomic mass is 10.0. The molecule has 0 aliphatic carbocycles. The molecule has 0 aliphatic rings. The van der Waals surface area contributed by atoms with E-state index in [1.54, 1.807) is 7.05 Å². The number of hydrogen-bond acceptors (Lipinski definition) is 4. The molecule has 0 aliphatic heterocycles. The third kappa shape index (κ3) is 31.3. The van der Waals surface area contributed by atoms with Crippen LogP contribution in [0.2, 0.25) is 0 Å². The van der Waals surface area contributed by atoms with Crippen LogP contribution < -0.4 is 5.32 Å². The van der Waals surface area contributed by atoms with Gasteiger partial charge in [-0.05, 0) is 32.1 Å². The van der Waals surface area contributed by atoms with Gasteiger partial charge < -0.3 is 20.1 Å². The maximum atomic E-state index is 11.6. The van der Waals surface area contributed by atoms with E-state index in [-0.39, 0.29) is 10.8 Å². The van der Waals surface area contributed by atoms with Gasteiger partial charge in [-0.3, -0.25) is 10.1 Å². The van der Waals surface area contributed by atoms with E-state index >= 15 is 0 Å². The summed E-state index contributed by atoms with van der Waals surface area (Å²) >= 11 is 0. The fourth-order valence-corrected chi connectivity index (χ4v) is 4.04. The molecule has 0 saturated heterocycles. The molecule has 6 nitrogen and oxygen atoms in total. The van der Waals surface area contributed by atoms with Crippen molar-refractivity contribution >= 4 is 5.97 Å². The molecule has 0 saturated carbocycles. The van der Waals surface area contributed by atoms with Crippen molar-refractivity contribution in [1.29, 1.82) is 0 Å². The van der Waals surface area contributed by atoms with Gasteiger partial charge in [0.05, 0.1) is 19.7 Å². The number of carboxylic acids is 1. The Kier molecular flexibility index (Phi) is 28.1. The molecule has 0 heterocycles.